The van der Waals surface area contributed by atoms with E-state index in [1.54, 1.807) is 0 Å². The van der Waals surface area contributed by atoms with Gasteiger partial charge in [-0.3, -0.25) is 0 Å². The number of amides is 1. The van der Waals surface area contributed by atoms with Gasteiger partial charge in [-0.2, -0.15) is 5.26 Å². The lowest BCUT2D eigenvalue weighted by Crippen LogP contribution is -2.48. The van der Waals surface area contributed by atoms with E-state index in [2.05, 4.69) is 27.3 Å². The summed E-state index contributed by atoms with van der Waals surface area (Å²) in [6.07, 6.45) is 4.15. The Kier molecular flexibility index (Phi) is 7.63. The summed E-state index contributed by atoms with van der Waals surface area (Å²) in [5.41, 5.74) is 2.83. The molecule has 0 bridgehead atoms. The first-order chi connectivity index (χ1) is 15.7. The van der Waals surface area contributed by atoms with Crippen molar-refractivity contribution < 1.29 is 9.53 Å². The maximum atomic E-state index is 12.0. The fourth-order valence-corrected chi connectivity index (χ4v) is 4.84. The van der Waals surface area contributed by atoms with Gasteiger partial charge < -0.3 is 19.9 Å². The minimum absolute atomic E-state index is 0.308. The second-order valence-corrected chi connectivity index (χ2v) is 8.77. The highest BCUT2D eigenvalue weighted by Crippen LogP contribution is 2.27. The smallest absolute Gasteiger partial charge is 0.407 e. The zero-order valence-electron chi connectivity index (χ0n) is 18.6. The Labute approximate surface area is 190 Å². The van der Waals surface area contributed by atoms with Crippen molar-refractivity contribution in [2.45, 2.75) is 38.3 Å². The molecule has 2 saturated heterocycles. The lowest BCUT2D eigenvalue weighted by atomic mass is 9.93. The maximum absolute atomic E-state index is 12.0. The quantitative estimate of drug-likeness (QED) is 0.742. The van der Waals surface area contributed by atoms with E-state index in [1.165, 1.54) is 0 Å². The predicted molar refractivity (Wildman–Crippen MR) is 125 cm³/mol. The highest BCUT2D eigenvalue weighted by Gasteiger charge is 2.29. The van der Waals surface area contributed by atoms with Gasteiger partial charge in [0.1, 0.15) is 12.7 Å². The topological polar surface area (TPSA) is 68.6 Å². The van der Waals surface area contributed by atoms with Crippen molar-refractivity contribution >= 4 is 11.8 Å². The Bertz CT molecular complexity index is 911. The third-order valence-corrected chi connectivity index (χ3v) is 6.74. The van der Waals surface area contributed by atoms with E-state index in [0.717, 1.165) is 68.7 Å². The third-order valence-electron chi connectivity index (χ3n) is 6.74. The summed E-state index contributed by atoms with van der Waals surface area (Å²) in [5, 5.41) is 12.3. The van der Waals surface area contributed by atoms with E-state index in [-0.39, 0.29) is 6.09 Å². The van der Waals surface area contributed by atoms with Crippen molar-refractivity contribution in [1.82, 2.24) is 10.2 Å². The van der Waals surface area contributed by atoms with Crippen LogP contribution in [0.3, 0.4) is 0 Å². The van der Waals surface area contributed by atoms with Crippen molar-refractivity contribution in [3.05, 3.63) is 65.7 Å². The Balaban J connectivity index is 1.15. The molecule has 0 saturated carbocycles. The fraction of sp³-hybridized carbons (Fsp3) is 0.462. The van der Waals surface area contributed by atoms with Gasteiger partial charge in [0.15, 0.2) is 0 Å². The van der Waals surface area contributed by atoms with Crippen LogP contribution in [-0.4, -0.2) is 49.8 Å². The van der Waals surface area contributed by atoms with Crippen LogP contribution in [0.2, 0.25) is 0 Å². The van der Waals surface area contributed by atoms with Crippen molar-refractivity contribution in [1.29, 1.82) is 5.26 Å². The summed E-state index contributed by atoms with van der Waals surface area (Å²) in [4.78, 5) is 17.0. The number of hydrogen-bond donors (Lipinski definition) is 1. The van der Waals surface area contributed by atoms with Crippen LogP contribution in [0.5, 0.6) is 0 Å². The Morgan fingerprint density at radius 1 is 0.969 bits per heavy atom. The minimum Gasteiger partial charge on any atom is -0.445 e. The summed E-state index contributed by atoms with van der Waals surface area (Å²) in [6.45, 7) is 5.17. The van der Waals surface area contributed by atoms with E-state index in [4.69, 9.17) is 4.74 Å². The van der Waals surface area contributed by atoms with Crippen LogP contribution >= 0.6 is 0 Å². The molecule has 0 unspecified atom stereocenters. The molecule has 4 rings (SSSR count). The molecule has 6 nitrogen and oxygen atoms in total. The van der Waals surface area contributed by atoms with Gasteiger partial charge in [0.05, 0.1) is 11.3 Å². The number of nitrogens with one attached hydrogen (secondary N) is 1. The number of alkyl carbamates (subject to hydrolysis) is 1. The molecule has 32 heavy (non-hydrogen) atoms. The van der Waals surface area contributed by atoms with Gasteiger partial charge in [0.2, 0.25) is 0 Å². The first-order valence-corrected chi connectivity index (χ1v) is 11.7. The average molecular weight is 433 g/mol. The van der Waals surface area contributed by atoms with Crippen LogP contribution in [0.4, 0.5) is 10.5 Å². The van der Waals surface area contributed by atoms with Gasteiger partial charge in [-0.1, -0.05) is 42.5 Å². The van der Waals surface area contributed by atoms with Crippen LogP contribution < -0.4 is 10.2 Å². The zero-order valence-corrected chi connectivity index (χ0v) is 18.6. The fourth-order valence-electron chi connectivity index (χ4n) is 4.84. The Hall–Kier alpha value is -3.04. The third kappa shape index (κ3) is 5.80. The molecule has 2 aromatic rings. The van der Waals surface area contributed by atoms with Gasteiger partial charge >= 0.3 is 6.09 Å². The van der Waals surface area contributed by atoms with E-state index in [0.29, 0.717) is 25.1 Å². The first-order valence-electron chi connectivity index (χ1n) is 11.7. The highest BCUT2D eigenvalue weighted by atomic mass is 16.5. The van der Waals surface area contributed by atoms with Crippen LogP contribution in [0, 0.1) is 17.2 Å². The van der Waals surface area contributed by atoms with Gasteiger partial charge in [0.25, 0.3) is 0 Å². The molecule has 6 heteroatoms. The normalized spacial score (nSPS) is 18.2. The molecule has 0 aliphatic carbocycles. The van der Waals surface area contributed by atoms with Gasteiger partial charge in [0, 0.05) is 25.7 Å². The number of nitriles is 1. The average Bonchev–Trinajstić information content (AvgIpc) is 2.87. The largest absolute Gasteiger partial charge is 0.445 e. The van der Waals surface area contributed by atoms with E-state index < -0.39 is 0 Å². The van der Waals surface area contributed by atoms with Crippen molar-refractivity contribution in [2.75, 3.05) is 37.6 Å². The molecule has 0 spiro atoms. The van der Waals surface area contributed by atoms with E-state index >= 15 is 0 Å². The monoisotopic (exact) mass is 432 g/mol. The van der Waals surface area contributed by atoms with Crippen molar-refractivity contribution in [2.24, 2.45) is 5.92 Å². The summed E-state index contributed by atoms with van der Waals surface area (Å²) in [5.74, 6) is 0.512. The molecular weight excluding hydrogens is 400 g/mol. The van der Waals surface area contributed by atoms with E-state index in [1.807, 2.05) is 48.5 Å². The molecule has 2 aromatic carbocycles. The number of nitrogens with zero attached hydrogens (tertiary/aromatic N) is 3. The molecule has 0 atom stereocenters. The van der Waals surface area contributed by atoms with Crippen molar-refractivity contribution in [3.8, 4) is 6.07 Å². The number of carbonyl (C=O) groups excluding carboxylic acids is 1. The number of likely N-dealkylation sites (tertiary alicyclic amines) is 1. The molecule has 2 aliphatic heterocycles. The maximum Gasteiger partial charge on any atom is 0.407 e. The number of carbonyl (C=O) groups is 1. The lowest BCUT2D eigenvalue weighted by molar-refractivity contribution is 0.109. The highest BCUT2D eigenvalue weighted by molar-refractivity contribution is 5.67. The molecule has 0 aromatic heterocycles. The number of rotatable bonds is 6. The molecule has 1 amide bonds. The Morgan fingerprint density at radius 3 is 2.38 bits per heavy atom. The van der Waals surface area contributed by atoms with E-state index in [9.17, 15) is 10.1 Å². The second-order valence-electron chi connectivity index (χ2n) is 8.77. The molecule has 0 radical (unpaired) electrons. The van der Waals surface area contributed by atoms with Crippen LogP contribution in [0.1, 0.15) is 36.8 Å². The second kappa shape index (κ2) is 11.0. The SMILES string of the molecule is N#Cc1ccccc1N1CCC(N2CCC(CNC(=O)OCc3ccccc3)CC2)CC1. The van der Waals surface area contributed by atoms with Gasteiger partial charge in [-0.25, -0.2) is 4.79 Å². The first kappa shape index (κ1) is 22.2. The molecule has 168 valence electrons. The number of para-hydroxylation sites is 1. The van der Waals surface area contributed by atoms with Crippen LogP contribution in [-0.2, 0) is 11.3 Å². The number of benzene rings is 2. The minimum atomic E-state index is -0.332. The molecule has 1 N–H and O–H groups in total. The van der Waals surface area contributed by atoms with Crippen LogP contribution in [0.25, 0.3) is 0 Å². The summed E-state index contributed by atoms with van der Waals surface area (Å²) in [7, 11) is 0. The standard InChI is InChI=1S/C26H32N4O2/c27-18-23-8-4-5-9-25(23)30-16-12-24(13-17-30)29-14-10-21(11-15-29)19-28-26(31)32-20-22-6-2-1-3-7-22/h1-9,21,24H,10-17,19-20H2,(H,28,31). The molecule has 2 heterocycles. The predicted octanol–water partition coefficient (Wildman–Crippen LogP) is 4.17. The Morgan fingerprint density at radius 2 is 1.66 bits per heavy atom. The summed E-state index contributed by atoms with van der Waals surface area (Å²) >= 11 is 0. The summed E-state index contributed by atoms with van der Waals surface area (Å²) in [6, 6.07) is 20.6. The van der Waals surface area contributed by atoms with Gasteiger partial charge in [-0.15, -0.1) is 0 Å². The number of piperidine rings is 2. The zero-order chi connectivity index (χ0) is 22.2. The number of hydrogen-bond acceptors (Lipinski definition) is 5. The van der Waals surface area contributed by atoms with Gasteiger partial charge in [-0.05, 0) is 62.4 Å². The molecular formula is C26H32N4O2. The molecule has 2 aliphatic rings. The lowest BCUT2D eigenvalue weighted by Gasteiger charge is -2.42. The number of ether oxygens (including phenoxy) is 1. The summed E-state index contributed by atoms with van der Waals surface area (Å²) < 4.78 is 5.31. The van der Waals surface area contributed by atoms with Crippen molar-refractivity contribution in [3.63, 3.8) is 0 Å². The van der Waals surface area contributed by atoms with Crippen LogP contribution in [0.15, 0.2) is 54.6 Å². The molecule has 2 fully saturated rings. The number of anilines is 1.